The van der Waals surface area contributed by atoms with Crippen LogP contribution < -0.4 is 10.1 Å². The SMILES string of the molecule is CNC(=O)Cc1nc(-c2cc(C)ncc2OC)n(-c2ccc(C#N)cc2)n1. The minimum atomic E-state index is -0.184. The van der Waals surface area contributed by atoms with Crippen LogP contribution in [0.3, 0.4) is 0 Å². The van der Waals surface area contributed by atoms with E-state index in [1.165, 1.54) is 0 Å². The van der Waals surface area contributed by atoms with Gasteiger partial charge >= 0.3 is 0 Å². The second-order valence-electron chi connectivity index (χ2n) is 5.80. The zero-order valence-electron chi connectivity index (χ0n) is 15.2. The Bertz CT molecular complexity index is 1020. The van der Waals surface area contributed by atoms with E-state index in [0.717, 1.165) is 11.4 Å². The van der Waals surface area contributed by atoms with Gasteiger partial charge in [-0.2, -0.15) is 10.4 Å². The van der Waals surface area contributed by atoms with Crippen molar-refractivity contribution in [3.05, 3.63) is 53.6 Å². The lowest BCUT2D eigenvalue weighted by Crippen LogP contribution is -2.20. The van der Waals surface area contributed by atoms with Crippen LogP contribution in [0.1, 0.15) is 17.1 Å². The van der Waals surface area contributed by atoms with Crippen molar-refractivity contribution < 1.29 is 9.53 Å². The molecule has 2 aromatic heterocycles. The number of methoxy groups -OCH3 is 1. The fraction of sp³-hybridized carbons (Fsp3) is 0.211. The van der Waals surface area contributed by atoms with E-state index in [9.17, 15) is 4.79 Å². The van der Waals surface area contributed by atoms with Crippen molar-refractivity contribution in [2.75, 3.05) is 14.2 Å². The number of nitriles is 1. The Hall–Kier alpha value is -3.73. The Kier molecular flexibility index (Phi) is 5.13. The van der Waals surface area contributed by atoms with Crippen LogP contribution in [0.5, 0.6) is 5.75 Å². The lowest BCUT2D eigenvalue weighted by Gasteiger charge is -2.10. The number of amides is 1. The van der Waals surface area contributed by atoms with Crippen molar-refractivity contribution in [1.29, 1.82) is 5.26 Å². The van der Waals surface area contributed by atoms with E-state index in [1.807, 2.05) is 13.0 Å². The number of aromatic nitrogens is 4. The Morgan fingerprint density at radius 1 is 1.33 bits per heavy atom. The highest BCUT2D eigenvalue weighted by molar-refractivity contribution is 5.77. The standard InChI is InChI=1S/C19H18N6O2/c1-12-8-15(16(27-3)11-22-12)19-23-17(9-18(26)21-2)24-25(19)14-6-4-13(10-20)5-7-14/h4-8,11H,9H2,1-3H3,(H,21,26). The van der Waals surface area contributed by atoms with Gasteiger partial charge in [-0.25, -0.2) is 9.67 Å². The van der Waals surface area contributed by atoms with Crippen molar-refractivity contribution in [2.45, 2.75) is 13.3 Å². The predicted octanol–water partition coefficient (Wildman–Crippen LogP) is 1.81. The number of carbonyl (C=O) groups is 1. The minimum absolute atomic E-state index is 0.0547. The third-order valence-corrected chi connectivity index (χ3v) is 3.95. The number of nitrogens with one attached hydrogen (secondary N) is 1. The summed E-state index contributed by atoms with van der Waals surface area (Å²) in [5.74, 6) is 1.27. The molecule has 1 amide bonds. The van der Waals surface area contributed by atoms with Crippen molar-refractivity contribution in [3.63, 3.8) is 0 Å². The molecule has 0 radical (unpaired) electrons. The quantitative estimate of drug-likeness (QED) is 0.742. The fourth-order valence-electron chi connectivity index (χ4n) is 2.58. The number of hydrogen-bond acceptors (Lipinski definition) is 6. The molecule has 0 spiro atoms. The first-order chi connectivity index (χ1) is 13.0. The molecule has 2 heterocycles. The average Bonchev–Trinajstić information content (AvgIpc) is 3.11. The third-order valence-electron chi connectivity index (χ3n) is 3.95. The summed E-state index contributed by atoms with van der Waals surface area (Å²) in [7, 11) is 3.12. The molecule has 8 nitrogen and oxygen atoms in total. The van der Waals surface area contributed by atoms with Crippen LogP contribution in [-0.4, -0.2) is 39.8 Å². The summed E-state index contributed by atoms with van der Waals surface area (Å²) < 4.78 is 7.06. The van der Waals surface area contributed by atoms with Crippen LogP contribution in [0, 0.1) is 18.3 Å². The summed E-state index contributed by atoms with van der Waals surface area (Å²) in [5, 5.41) is 16.1. The van der Waals surface area contributed by atoms with Gasteiger partial charge in [0.1, 0.15) is 5.75 Å². The first-order valence-corrected chi connectivity index (χ1v) is 8.23. The van der Waals surface area contributed by atoms with Crippen molar-refractivity contribution >= 4 is 5.91 Å². The largest absolute Gasteiger partial charge is 0.494 e. The molecule has 3 rings (SSSR count). The Morgan fingerprint density at radius 3 is 2.70 bits per heavy atom. The molecule has 1 N–H and O–H groups in total. The first-order valence-electron chi connectivity index (χ1n) is 8.23. The topological polar surface area (TPSA) is 106 Å². The number of nitrogens with zero attached hydrogens (tertiary/aromatic N) is 5. The van der Waals surface area contributed by atoms with E-state index in [2.05, 4.69) is 26.5 Å². The number of likely N-dealkylation sites (N-methyl/N-ethyl adjacent to an activating group) is 1. The molecule has 0 fully saturated rings. The molecule has 1 aromatic carbocycles. The molecular formula is C19H18N6O2. The smallest absolute Gasteiger partial charge is 0.227 e. The molecule has 0 aliphatic carbocycles. The Labute approximate surface area is 156 Å². The highest BCUT2D eigenvalue weighted by Gasteiger charge is 2.19. The molecule has 0 bridgehead atoms. The first kappa shape index (κ1) is 18.1. The van der Waals surface area contributed by atoms with Crippen LogP contribution in [0.2, 0.25) is 0 Å². The third kappa shape index (κ3) is 3.77. The van der Waals surface area contributed by atoms with E-state index in [1.54, 1.807) is 49.3 Å². The maximum Gasteiger partial charge on any atom is 0.227 e. The summed E-state index contributed by atoms with van der Waals surface area (Å²) in [6.45, 7) is 1.87. The molecule has 0 saturated carbocycles. The highest BCUT2D eigenvalue weighted by atomic mass is 16.5. The molecule has 0 atom stereocenters. The molecular weight excluding hydrogens is 344 g/mol. The predicted molar refractivity (Wildman–Crippen MR) is 98.4 cm³/mol. The Morgan fingerprint density at radius 2 is 2.07 bits per heavy atom. The van der Waals surface area contributed by atoms with Gasteiger partial charge in [-0.15, -0.1) is 0 Å². The molecule has 3 aromatic rings. The van der Waals surface area contributed by atoms with Gasteiger partial charge in [0.15, 0.2) is 11.6 Å². The Balaban J connectivity index is 2.17. The van der Waals surface area contributed by atoms with Gasteiger partial charge in [-0.05, 0) is 37.3 Å². The van der Waals surface area contributed by atoms with E-state index in [0.29, 0.717) is 28.5 Å². The number of ether oxygens (including phenoxy) is 1. The number of benzene rings is 1. The maximum atomic E-state index is 11.8. The van der Waals surface area contributed by atoms with Gasteiger partial charge in [-0.1, -0.05) is 0 Å². The highest BCUT2D eigenvalue weighted by Crippen LogP contribution is 2.30. The van der Waals surface area contributed by atoms with Crippen molar-refractivity contribution in [1.82, 2.24) is 25.1 Å². The number of rotatable bonds is 5. The summed E-state index contributed by atoms with van der Waals surface area (Å²) in [4.78, 5) is 20.6. The van der Waals surface area contributed by atoms with Gasteiger partial charge in [0.2, 0.25) is 5.91 Å². The fourth-order valence-corrected chi connectivity index (χ4v) is 2.58. The van der Waals surface area contributed by atoms with Crippen LogP contribution in [0.4, 0.5) is 0 Å². The summed E-state index contributed by atoms with van der Waals surface area (Å²) in [6.07, 6.45) is 1.68. The van der Waals surface area contributed by atoms with E-state index >= 15 is 0 Å². The van der Waals surface area contributed by atoms with Crippen molar-refractivity contribution in [2.24, 2.45) is 0 Å². The van der Waals surface area contributed by atoms with Crippen LogP contribution in [-0.2, 0) is 11.2 Å². The molecule has 0 aliphatic heterocycles. The van der Waals surface area contributed by atoms with Gasteiger partial charge in [0.05, 0.1) is 42.6 Å². The normalized spacial score (nSPS) is 10.3. The zero-order chi connectivity index (χ0) is 19.4. The van der Waals surface area contributed by atoms with Gasteiger partial charge in [0.25, 0.3) is 0 Å². The van der Waals surface area contributed by atoms with Crippen LogP contribution in [0.25, 0.3) is 17.1 Å². The number of hydrogen-bond donors (Lipinski definition) is 1. The second-order valence-corrected chi connectivity index (χ2v) is 5.80. The zero-order valence-corrected chi connectivity index (χ0v) is 15.2. The number of aryl methyl sites for hydroxylation is 1. The van der Waals surface area contributed by atoms with E-state index in [4.69, 9.17) is 10.00 Å². The molecule has 0 unspecified atom stereocenters. The van der Waals surface area contributed by atoms with Crippen LogP contribution in [0.15, 0.2) is 36.5 Å². The van der Waals surface area contributed by atoms with E-state index in [-0.39, 0.29) is 12.3 Å². The van der Waals surface area contributed by atoms with Gasteiger partial charge < -0.3 is 10.1 Å². The molecule has 27 heavy (non-hydrogen) atoms. The number of carbonyl (C=O) groups excluding carboxylic acids is 1. The summed E-state index contributed by atoms with van der Waals surface area (Å²) in [5.41, 5.74) is 2.78. The number of pyridine rings is 1. The maximum absolute atomic E-state index is 11.8. The average molecular weight is 362 g/mol. The van der Waals surface area contributed by atoms with E-state index < -0.39 is 0 Å². The van der Waals surface area contributed by atoms with Crippen molar-refractivity contribution in [3.8, 4) is 28.9 Å². The molecule has 8 heteroatoms. The summed E-state index contributed by atoms with van der Waals surface area (Å²) in [6, 6.07) is 10.9. The lowest BCUT2D eigenvalue weighted by atomic mass is 10.2. The van der Waals surface area contributed by atoms with Gasteiger partial charge in [0, 0.05) is 12.7 Å². The monoisotopic (exact) mass is 362 g/mol. The molecule has 0 saturated heterocycles. The second kappa shape index (κ2) is 7.66. The minimum Gasteiger partial charge on any atom is -0.494 e. The van der Waals surface area contributed by atoms with Gasteiger partial charge in [-0.3, -0.25) is 9.78 Å². The lowest BCUT2D eigenvalue weighted by molar-refractivity contribution is -0.120. The summed E-state index contributed by atoms with van der Waals surface area (Å²) >= 11 is 0. The molecule has 0 aliphatic rings. The van der Waals surface area contributed by atoms with Crippen LogP contribution >= 0.6 is 0 Å². The molecule has 136 valence electrons.